The van der Waals surface area contributed by atoms with Crippen LogP contribution in [0.3, 0.4) is 0 Å². The van der Waals surface area contributed by atoms with Crippen molar-refractivity contribution in [3.05, 3.63) is 5.01 Å². The Morgan fingerprint density at radius 3 is 2.62 bits per heavy atom. The van der Waals surface area contributed by atoms with E-state index in [1.54, 1.807) is 0 Å². The summed E-state index contributed by atoms with van der Waals surface area (Å²) in [4.78, 5) is 22.3. The molecule has 1 aromatic rings. The average Bonchev–Trinajstić information content (AvgIpc) is 2.81. The Bertz CT molecular complexity index is 464. The van der Waals surface area contributed by atoms with Crippen molar-refractivity contribution in [2.45, 2.75) is 46.0 Å². The van der Waals surface area contributed by atoms with Gasteiger partial charge >= 0.3 is 12.0 Å². The number of hydrogen-bond donors (Lipinski definition) is 3. The smallest absolute Gasteiger partial charge is 0.321 e. The molecule has 0 radical (unpaired) electrons. The van der Waals surface area contributed by atoms with Gasteiger partial charge in [0.25, 0.3) is 0 Å². The lowest BCUT2D eigenvalue weighted by molar-refractivity contribution is -0.137. The molecule has 1 atom stereocenters. The minimum Gasteiger partial charge on any atom is -0.481 e. The molecule has 0 bridgehead atoms. The van der Waals surface area contributed by atoms with Crippen molar-refractivity contribution in [1.29, 1.82) is 0 Å². The van der Waals surface area contributed by atoms with Crippen molar-refractivity contribution >= 4 is 28.5 Å². The van der Waals surface area contributed by atoms with Crippen LogP contribution in [-0.4, -0.2) is 33.8 Å². The fourth-order valence-corrected chi connectivity index (χ4v) is 2.63. The molecule has 7 nitrogen and oxygen atoms in total. The maximum atomic E-state index is 11.6. The van der Waals surface area contributed by atoms with Gasteiger partial charge in [-0.15, -0.1) is 10.2 Å². The molecule has 0 aromatic carbocycles. The number of aromatic nitrogens is 2. The van der Waals surface area contributed by atoms with Crippen molar-refractivity contribution in [1.82, 2.24) is 15.5 Å². The summed E-state index contributed by atoms with van der Waals surface area (Å²) in [5.74, 6) is -0.441. The Kier molecular flexibility index (Phi) is 7.66. The van der Waals surface area contributed by atoms with Crippen LogP contribution >= 0.6 is 11.3 Å². The van der Waals surface area contributed by atoms with Gasteiger partial charge in [0, 0.05) is 13.0 Å². The second-order valence-corrected chi connectivity index (χ2v) is 6.06. The number of rotatable bonds is 9. The number of nitrogens with one attached hydrogen (secondary N) is 2. The van der Waals surface area contributed by atoms with Crippen molar-refractivity contribution in [2.24, 2.45) is 5.92 Å². The molecule has 3 N–H and O–H groups in total. The quantitative estimate of drug-likeness (QED) is 0.650. The average molecular weight is 314 g/mol. The number of nitrogens with zero attached hydrogens (tertiary/aromatic N) is 2. The first-order valence-electron chi connectivity index (χ1n) is 7.08. The van der Waals surface area contributed by atoms with Gasteiger partial charge in [0.05, 0.1) is 0 Å². The van der Waals surface area contributed by atoms with Gasteiger partial charge < -0.3 is 10.4 Å². The number of aryl methyl sites for hydroxylation is 1. The molecule has 1 rings (SSSR count). The highest BCUT2D eigenvalue weighted by Crippen LogP contribution is 2.17. The maximum Gasteiger partial charge on any atom is 0.321 e. The van der Waals surface area contributed by atoms with Crippen LogP contribution in [-0.2, 0) is 4.79 Å². The van der Waals surface area contributed by atoms with Gasteiger partial charge in [-0.3, -0.25) is 10.1 Å². The first-order chi connectivity index (χ1) is 10.0. The van der Waals surface area contributed by atoms with Crippen LogP contribution in [0.1, 0.15) is 44.0 Å². The molecule has 0 aliphatic carbocycles. The standard InChI is InChI=1S/C13H22N4O3S/c1-3-4-10(5-6-11(18)19)7-8-14-12(20)15-13-17-16-9(2)21-13/h10H,3-8H2,1-2H3,(H,18,19)(H2,14,15,17,20). The van der Waals surface area contributed by atoms with E-state index in [0.717, 1.165) is 24.3 Å². The molecule has 0 saturated heterocycles. The lowest BCUT2D eigenvalue weighted by Crippen LogP contribution is -2.30. The molecule has 1 unspecified atom stereocenters. The topological polar surface area (TPSA) is 104 Å². The predicted molar refractivity (Wildman–Crippen MR) is 81.6 cm³/mol. The minimum atomic E-state index is -0.770. The van der Waals surface area contributed by atoms with Gasteiger partial charge in [-0.1, -0.05) is 31.1 Å². The molecule has 0 aliphatic heterocycles. The van der Waals surface area contributed by atoms with E-state index in [1.807, 2.05) is 6.92 Å². The highest BCUT2D eigenvalue weighted by molar-refractivity contribution is 7.15. The Morgan fingerprint density at radius 2 is 2.05 bits per heavy atom. The van der Waals surface area contributed by atoms with Crippen molar-refractivity contribution in [3.8, 4) is 0 Å². The fraction of sp³-hybridized carbons (Fsp3) is 0.692. The van der Waals surface area contributed by atoms with Gasteiger partial charge in [0.1, 0.15) is 5.01 Å². The maximum absolute atomic E-state index is 11.6. The summed E-state index contributed by atoms with van der Waals surface area (Å²) in [7, 11) is 0. The van der Waals surface area contributed by atoms with E-state index in [-0.39, 0.29) is 12.5 Å². The summed E-state index contributed by atoms with van der Waals surface area (Å²) in [5, 5.41) is 23.0. The van der Waals surface area contributed by atoms with Crippen LogP contribution in [0.4, 0.5) is 9.93 Å². The monoisotopic (exact) mass is 314 g/mol. The molecule has 118 valence electrons. The number of urea groups is 1. The summed E-state index contributed by atoms with van der Waals surface area (Å²) < 4.78 is 0. The van der Waals surface area contributed by atoms with E-state index in [0.29, 0.717) is 24.0 Å². The van der Waals surface area contributed by atoms with Crippen LogP contribution < -0.4 is 10.6 Å². The largest absolute Gasteiger partial charge is 0.481 e. The van der Waals surface area contributed by atoms with E-state index >= 15 is 0 Å². The number of carbonyl (C=O) groups is 2. The minimum absolute atomic E-state index is 0.181. The van der Waals surface area contributed by atoms with Crippen molar-refractivity contribution in [2.75, 3.05) is 11.9 Å². The third kappa shape index (κ3) is 7.60. The van der Waals surface area contributed by atoms with Crippen LogP contribution in [0.5, 0.6) is 0 Å². The van der Waals surface area contributed by atoms with Crippen LogP contribution in [0, 0.1) is 12.8 Å². The Hall–Kier alpha value is -1.70. The lowest BCUT2D eigenvalue weighted by atomic mass is 9.94. The molecule has 0 saturated carbocycles. The molecule has 2 amide bonds. The number of amides is 2. The number of carboxylic acids is 1. The molecule has 0 spiro atoms. The normalized spacial score (nSPS) is 11.9. The zero-order chi connectivity index (χ0) is 15.7. The Morgan fingerprint density at radius 1 is 1.29 bits per heavy atom. The molecular weight excluding hydrogens is 292 g/mol. The number of anilines is 1. The van der Waals surface area contributed by atoms with E-state index < -0.39 is 5.97 Å². The molecule has 1 heterocycles. The summed E-state index contributed by atoms with van der Waals surface area (Å²) in [6, 6.07) is -0.306. The Labute approximate surface area is 128 Å². The van der Waals surface area contributed by atoms with E-state index in [1.165, 1.54) is 11.3 Å². The van der Waals surface area contributed by atoms with Gasteiger partial charge in [-0.2, -0.15) is 0 Å². The Balaban J connectivity index is 2.25. The number of carboxylic acid groups (broad SMARTS) is 1. The molecule has 21 heavy (non-hydrogen) atoms. The second kappa shape index (κ2) is 9.28. The highest BCUT2D eigenvalue weighted by Gasteiger charge is 2.11. The first kappa shape index (κ1) is 17.4. The molecule has 1 aromatic heterocycles. The van der Waals surface area contributed by atoms with Gasteiger partial charge in [-0.25, -0.2) is 4.79 Å². The molecule has 0 fully saturated rings. The first-order valence-corrected chi connectivity index (χ1v) is 7.89. The molecule has 0 aliphatic rings. The molecule has 8 heteroatoms. The van der Waals surface area contributed by atoms with Gasteiger partial charge in [-0.05, 0) is 25.7 Å². The third-order valence-electron chi connectivity index (χ3n) is 3.05. The highest BCUT2D eigenvalue weighted by atomic mass is 32.1. The van der Waals surface area contributed by atoms with Gasteiger partial charge in [0.15, 0.2) is 0 Å². The number of carbonyl (C=O) groups excluding carboxylic acids is 1. The molecular formula is C13H22N4O3S. The third-order valence-corrected chi connectivity index (χ3v) is 3.80. The number of hydrogen-bond acceptors (Lipinski definition) is 5. The SMILES string of the molecule is CCCC(CCNC(=O)Nc1nnc(C)s1)CCC(=O)O. The summed E-state index contributed by atoms with van der Waals surface area (Å²) >= 11 is 1.32. The zero-order valence-corrected chi connectivity index (χ0v) is 13.2. The van der Waals surface area contributed by atoms with Crippen molar-refractivity contribution < 1.29 is 14.7 Å². The summed E-state index contributed by atoms with van der Waals surface area (Å²) in [6.07, 6.45) is 3.61. The van der Waals surface area contributed by atoms with Crippen LogP contribution in [0.2, 0.25) is 0 Å². The second-order valence-electron chi connectivity index (χ2n) is 4.88. The fourth-order valence-electron chi connectivity index (χ4n) is 2.05. The van der Waals surface area contributed by atoms with Crippen molar-refractivity contribution in [3.63, 3.8) is 0 Å². The van der Waals surface area contributed by atoms with E-state index in [2.05, 4.69) is 27.8 Å². The van der Waals surface area contributed by atoms with E-state index in [9.17, 15) is 9.59 Å². The predicted octanol–water partition coefficient (Wildman–Crippen LogP) is 2.64. The van der Waals surface area contributed by atoms with Crippen LogP contribution in [0.25, 0.3) is 0 Å². The summed E-state index contributed by atoms with van der Waals surface area (Å²) in [5.41, 5.74) is 0. The lowest BCUT2D eigenvalue weighted by Gasteiger charge is -2.15. The zero-order valence-electron chi connectivity index (χ0n) is 12.4. The number of aliphatic carboxylic acids is 1. The van der Waals surface area contributed by atoms with Gasteiger partial charge in [0.2, 0.25) is 5.13 Å². The van der Waals surface area contributed by atoms with Crippen LogP contribution in [0.15, 0.2) is 0 Å². The van der Waals surface area contributed by atoms with E-state index in [4.69, 9.17) is 5.11 Å². The summed E-state index contributed by atoms with van der Waals surface area (Å²) in [6.45, 7) is 4.41.